The Morgan fingerprint density at radius 2 is 1.42 bits per heavy atom. The zero-order chi connectivity index (χ0) is 14.1. The molecular formula is C16H26O3. The molecule has 0 aliphatic carbocycles. The first-order valence-corrected chi connectivity index (χ1v) is 6.96. The van der Waals surface area contributed by atoms with Crippen LogP contribution in [-0.4, -0.2) is 32.5 Å². The summed E-state index contributed by atoms with van der Waals surface area (Å²) in [6, 6.07) is 6.43. The van der Waals surface area contributed by atoms with E-state index in [0.29, 0.717) is 0 Å². The molecule has 1 atom stereocenters. The molecule has 3 heteroatoms. The van der Waals surface area contributed by atoms with E-state index in [1.807, 2.05) is 6.92 Å². The van der Waals surface area contributed by atoms with Gasteiger partial charge in [0.25, 0.3) is 0 Å². The zero-order valence-electron chi connectivity index (χ0n) is 12.3. The molecule has 108 valence electrons. The van der Waals surface area contributed by atoms with Crippen molar-refractivity contribution in [2.75, 3.05) is 27.4 Å². The van der Waals surface area contributed by atoms with Crippen LogP contribution >= 0.6 is 0 Å². The molecule has 1 N–H and O–H groups in total. The molecule has 1 aromatic carbocycles. The second-order valence-corrected chi connectivity index (χ2v) is 4.95. The number of aliphatic hydroxyl groups excluding tert-OH is 1. The Labute approximate surface area is 116 Å². The fourth-order valence-electron chi connectivity index (χ4n) is 2.16. The van der Waals surface area contributed by atoms with Crippen LogP contribution in [-0.2, 0) is 22.3 Å². The molecule has 0 spiro atoms. The predicted molar refractivity (Wildman–Crippen MR) is 77.5 cm³/mol. The SMILES string of the molecule is COCCCc1cc(CCCOC)cc(C(C)O)c1. The fraction of sp³-hybridized carbons (Fsp3) is 0.625. The Bertz CT molecular complexity index is 333. The molecule has 1 aromatic rings. The van der Waals surface area contributed by atoms with E-state index in [-0.39, 0.29) is 0 Å². The third-order valence-electron chi connectivity index (χ3n) is 3.19. The monoisotopic (exact) mass is 266 g/mol. The van der Waals surface area contributed by atoms with Crippen LogP contribution < -0.4 is 0 Å². The van der Waals surface area contributed by atoms with Crippen LogP contribution in [0.15, 0.2) is 18.2 Å². The van der Waals surface area contributed by atoms with Gasteiger partial charge in [0.05, 0.1) is 6.10 Å². The summed E-state index contributed by atoms with van der Waals surface area (Å²) in [7, 11) is 3.45. The maximum Gasteiger partial charge on any atom is 0.0762 e. The molecule has 0 aliphatic rings. The maximum absolute atomic E-state index is 9.77. The summed E-state index contributed by atoms with van der Waals surface area (Å²) in [4.78, 5) is 0. The molecule has 3 nitrogen and oxygen atoms in total. The molecule has 0 saturated carbocycles. The highest BCUT2D eigenvalue weighted by Crippen LogP contribution is 2.19. The molecule has 0 radical (unpaired) electrons. The fourth-order valence-corrected chi connectivity index (χ4v) is 2.16. The number of aliphatic hydroxyl groups is 1. The van der Waals surface area contributed by atoms with Crippen LogP contribution in [0.5, 0.6) is 0 Å². The molecule has 19 heavy (non-hydrogen) atoms. The lowest BCUT2D eigenvalue weighted by Gasteiger charge is -2.12. The standard InChI is InChI=1S/C16H26O3/c1-13(17)16-11-14(6-4-8-18-2)10-15(12-16)7-5-9-19-3/h10-13,17H,4-9H2,1-3H3. The van der Waals surface area contributed by atoms with E-state index in [4.69, 9.17) is 9.47 Å². The molecule has 0 heterocycles. The highest BCUT2D eigenvalue weighted by molar-refractivity contribution is 5.31. The molecule has 0 aliphatic heterocycles. The second-order valence-electron chi connectivity index (χ2n) is 4.95. The second kappa shape index (κ2) is 9.08. The predicted octanol–water partition coefficient (Wildman–Crippen LogP) is 2.90. The van der Waals surface area contributed by atoms with Crippen molar-refractivity contribution in [2.45, 2.75) is 38.7 Å². The Morgan fingerprint density at radius 1 is 0.947 bits per heavy atom. The van der Waals surface area contributed by atoms with Gasteiger partial charge in [0.15, 0.2) is 0 Å². The first-order valence-electron chi connectivity index (χ1n) is 6.96. The van der Waals surface area contributed by atoms with Crippen molar-refractivity contribution in [1.82, 2.24) is 0 Å². The zero-order valence-corrected chi connectivity index (χ0v) is 12.3. The Kier molecular flexibility index (Phi) is 7.72. The maximum atomic E-state index is 9.77. The average molecular weight is 266 g/mol. The van der Waals surface area contributed by atoms with Gasteiger partial charge in [0, 0.05) is 27.4 Å². The van der Waals surface area contributed by atoms with Gasteiger partial charge in [-0.3, -0.25) is 0 Å². The summed E-state index contributed by atoms with van der Waals surface area (Å²) in [5.41, 5.74) is 3.56. The van der Waals surface area contributed by atoms with Crippen molar-refractivity contribution in [3.05, 3.63) is 34.9 Å². The van der Waals surface area contributed by atoms with Crippen LogP contribution in [0.1, 0.15) is 42.6 Å². The smallest absolute Gasteiger partial charge is 0.0762 e. The molecule has 1 unspecified atom stereocenters. The van der Waals surface area contributed by atoms with Crippen molar-refractivity contribution < 1.29 is 14.6 Å². The molecule has 0 bridgehead atoms. The highest BCUT2D eigenvalue weighted by atomic mass is 16.5. The molecule has 0 saturated heterocycles. The molecular weight excluding hydrogens is 240 g/mol. The number of aryl methyl sites for hydroxylation is 2. The van der Waals surface area contributed by atoms with Gasteiger partial charge < -0.3 is 14.6 Å². The van der Waals surface area contributed by atoms with Gasteiger partial charge in [-0.1, -0.05) is 18.2 Å². The summed E-state index contributed by atoms with van der Waals surface area (Å²) >= 11 is 0. The van der Waals surface area contributed by atoms with E-state index in [9.17, 15) is 5.11 Å². The van der Waals surface area contributed by atoms with Gasteiger partial charge in [-0.25, -0.2) is 0 Å². The van der Waals surface area contributed by atoms with Crippen LogP contribution in [0.2, 0.25) is 0 Å². The van der Waals surface area contributed by atoms with E-state index in [1.165, 1.54) is 11.1 Å². The summed E-state index contributed by atoms with van der Waals surface area (Å²) in [6.07, 6.45) is 3.59. The Balaban J connectivity index is 2.72. The first-order chi connectivity index (χ1) is 9.17. The lowest BCUT2D eigenvalue weighted by Crippen LogP contribution is -2.00. The normalized spacial score (nSPS) is 12.6. The molecule has 0 aromatic heterocycles. The van der Waals surface area contributed by atoms with Crippen molar-refractivity contribution in [2.24, 2.45) is 0 Å². The van der Waals surface area contributed by atoms with Gasteiger partial charge >= 0.3 is 0 Å². The molecule has 1 rings (SSSR count). The largest absolute Gasteiger partial charge is 0.389 e. The quantitative estimate of drug-likeness (QED) is 0.698. The topological polar surface area (TPSA) is 38.7 Å². The number of ether oxygens (including phenoxy) is 2. The van der Waals surface area contributed by atoms with E-state index in [0.717, 1.165) is 44.5 Å². The first kappa shape index (κ1) is 16.2. The van der Waals surface area contributed by atoms with Gasteiger partial charge in [0.1, 0.15) is 0 Å². The van der Waals surface area contributed by atoms with E-state index >= 15 is 0 Å². The minimum Gasteiger partial charge on any atom is -0.389 e. The van der Waals surface area contributed by atoms with E-state index < -0.39 is 6.10 Å². The van der Waals surface area contributed by atoms with Crippen molar-refractivity contribution in [1.29, 1.82) is 0 Å². The Morgan fingerprint density at radius 3 is 1.79 bits per heavy atom. The molecule has 0 fully saturated rings. The average Bonchev–Trinajstić information content (AvgIpc) is 2.39. The van der Waals surface area contributed by atoms with Gasteiger partial charge in [-0.15, -0.1) is 0 Å². The number of rotatable bonds is 9. The van der Waals surface area contributed by atoms with Crippen LogP contribution in [0.25, 0.3) is 0 Å². The van der Waals surface area contributed by atoms with E-state index in [1.54, 1.807) is 14.2 Å². The number of hydrogen-bond acceptors (Lipinski definition) is 3. The van der Waals surface area contributed by atoms with Gasteiger partial charge in [-0.2, -0.15) is 0 Å². The van der Waals surface area contributed by atoms with Gasteiger partial charge in [0.2, 0.25) is 0 Å². The Hall–Kier alpha value is -0.900. The van der Waals surface area contributed by atoms with Crippen LogP contribution in [0, 0.1) is 0 Å². The van der Waals surface area contributed by atoms with Crippen LogP contribution in [0.3, 0.4) is 0 Å². The summed E-state index contributed by atoms with van der Waals surface area (Å²) in [6.45, 7) is 3.36. The summed E-state index contributed by atoms with van der Waals surface area (Å²) < 4.78 is 10.2. The number of methoxy groups -OCH3 is 2. The summed E-state index contributed by atoms with van der Waals surface area (Å²) in [5, 5.41) is 9.77. The minimum atomic E-state index is -0.413. The third-order valence-corrected chi connectivity index (χ3v) is 3.19. The van der Waals surface area contributed by atoms with Gasteiger partial charge in [-0.05, 0) is 49.3 Å². The lowest BCUT2D eigenvalue weighted by molar-refractivity contribution is 0.194. The third kappa shape index (κ3) is 6.19. The number of hydrogen-bond donors (Lipinski definition) is 1. The van der Waals surface area contributed by atoms with Crippen LogP contribution in [0.4, 0.5) is 0 Å². The van der Waals surface area contributed by atoms with Crippen molar-refractivity contribution in [3.8, 4) is 0 Å². The van der Waals surface area contributed by atoms with E-state index in [2.05, 4.69) is 18.2 Å². The van der Waals surface area contributed by atoms with Crippen molar-refractivity contribution >= 4 is 0 Å². The lowest BCUT2D eigenvalue weighted by atomic mass is 9.98. The van der Waals surface area contributed by atoms with Crippen molar-refractivity contribution in [3.63, 3.8) is 0 Å². The number of benzene rings is 1. The highest BCUT2D eigenvalue weighted by Gasteiger charge is 2.06. The summed E-state index contributed by atoms with van der Waals surface area (Å²) in [5.74, 6) is 0. The minimum absolute atomic E-state index is 0.413. The molecule has 0 amide bonds.